The van der Waals surface area contributed by atoms with Crippen LogP contribution < -0.4 is 10.6 Å². The van der Waals surface area contributed by atoms with E-state index in [0.717, 1.165) is 10.0 Å². The Morgan fingerprint density at radius 3 is 2.61 bits per heavy atom. The maximum Gasteiger partial charge on any atom is 0.182 e. The van der Waals surface area contributed by atoms with Gasteiger partial charge in [0.2, 0.25) is 0 Å². The van der Waals surface area contributed by atoms with Gasteiger partial charge in [-0.3, -0.25) is 5.32 Å². The summed E-state index contributed by atoms with van der Waals surface area (Å²) in [6.07, 6.45) is 3.22. The van der Waals surface area contributed by atoms with Gasteiger partial charge >= 0.3 is 0 Å². The molecular weight excluding hydrogens is 294 g/mol. The molecule has 0 aliphatic heterocycles. The molecule has 18 heavy (non-hydrogen) atoms. The molecule has 2 N–H and O–H groups in total. The van der Waals surface area contributed by atoms with Crippen LogP contribution in [-0.4, -0.2) is 9.97 Å². The van der Waals surface area contributed by atoms with Gasteiger partial charge in [0.1, 0.15) is 18.0 Å². The molecule has 6 heteroatoms. The minimum Gasteiger partial charge on any atom is -0.366 e. The number of aromatic nitrogens is 2. The summed E-state index contributed by atoms with van der Waals surface area (Å²) >= 11 is 3.39. The maximum absolute atomic E-state index is 8.50. The number of halogens is 1. The van der Waals surface area contributed by atoms with Crippen molar-refractivity contribution in [2.45, 2.75) is 6.54 Å². The van der Waals surface area contributed by atoms with Crippen molar-refractivity contribution in [1.82, 2.24) is 9.97 Å². The van der Waals surface area contributed by atoms with Gasteiger partial charge < -0.3 is 5.32 Å². The van der Waals surface area contributed by atoms with E-state index in [9.17, 15) is 0 Å². The van der Waals surface area contributed by atoms with E-state index in [4.69, 9.17) is 5.26 Å². The van der Waals surface area contributed by atoms with Crippen molar-refractivity contribution in [3.8, 4) is 6.19 Å². The molecule has 2 rings (SSSR count). The normalized spacial score (nSPS) is 9.56. The number of hydrogen-bond donors (Lipinski definition) is 2. The lowest BCUT2D eigenvalue weighted by atomic mass is 10.2. The number of hydrogen-bond acceptors (Lipinski definition) is 5. The molecule has 0 radical (unpaired) electrons. The van der Waals surface area contributed by atoms with Gasteiger partial charge in [0, 0.05) is 17.1 Å². The first-order valence-electron chi connectivity index (χ1n) is 5.23. The molecule has 0 aliphatic rings. The lowest BCUT2D eigenvalue weighted by molar-refractivity contribution is 1.08. The van der Waals surface area contributed by atoms with E-state index >= 15 is 0 Å². The number of benzene rings is 1. The average molecular weight is 304 g/mol. The van der Waals surface area contributed by atoms with Gasteiger partial charge in [0.25, 0.3) is 0 Å². The van der Waals surface area contributed by atoms with Crippen molar-refractivity contribution in [1.29, 1.82) is 5.26 Å². The topological polar surface area (TPSA) is 73.6 Å². The van der Waals surface area contributed by atoms with Crippen molar-refractivity contribution >= 4 is 27.6 Å². The molecule has 5 nitrogen and oxygen atoms in total. The number of anilines is 2. The van der Waals surface area contributed by atoms with Crippen molar-refractivity contribution in [2.24, 2.45) is 0 Å². The Morgan fingerprint density at radius 1 is 1.17 bits per heavy atom. The number of nitriles is 1. The van der Waals surface area contributed by atoms with E-state index in [2.05, 4.69) is 36.5 Å². The van der Waals surface area contributed by atoms with Gasteiger partial charge in [-0.15, -0.1) is 0 Å². The second-order valence-electron chi connectivity index (χ2n) is 3.51. The smallest absolute Gasteiger partial charge is 0.182 e. The summed E-state index contributed by atoms with van der Waals surface area (Å²) in [5, 5.41) is 14.1. The fraction of sp³-hybridized carbons (Fsp3) is 0.0833. The highest BCUT2D eigenvalue weighted by molar-refractivity contribution is 9.10. The Hall–Kier alpha value is -2.13. The molecule has 0 amide bonds. The molecule has 0 saturated heterocycles. The van der Waals surface area contributed by atoms with Crippen LogP contribution in [0.4, 0.5) is 11.6 Å². The van der Waals surface area contributed by atoms with Crippen LogP contribution in [0.2, 0.25) is 0 Å². The van der Waals surface area contributed by atoms with Crippen molar-refractivity contribution < 1.29 is 0 Å². The second kappa shape index (κ2) is 5.98. The molecular formula is C12H10BrN5. The quantitative estimate of drug-likeness (QED) is 0.671. The van der Waals surface area contributed by atoms with Crippen LogP contribution in [0.1, 0.15) is 5.56 Å². The van der Waals surface area contributed by atoms with Crippen LogP contribution in [0.5, 0.6) is 0 Å². The third kappa shape index (κ3) is 3.43. The summed E-state index contributed by atoms with van der Waals surface area (Å²) in [5.41, 5.74) is 1.15. The van der Waals surface area contributed by atoms with E-state index in [0.29, 0.717) is 18.2 Å². The van der Waals surface area contributed by atoms with Gasteiger partial charge in [-0.05, 0) is 17.7 Å². The molecule has 0 spiro atoms. The molecule has 2 aromatic rings. The van der Waals surface area contributed by atoms with Gasteiger partial charge in [0.15, 0.2) is 6.19 Å². The fourth-order valence-corrected chi connectivity index (χ4v) is 1.64. The summed E-state index contributed by atoms with van der Waals surface area (Å²) in [6, 6.07) is 9.70. The maximum atomic E-state index is 8.50. The van der Waals surface area contributed by atoms with Crippen LogP contribution in [-0.2, 0) is 6.54 Å². The van der Waals surface area contributed by atoms with Crippen molar-refractivity contribution in [2.75, 3.05) is 10.6 Å². The summed E-state index contributed by atoms with van der Waals surface area (Å²) in [7, 11) is 0. The van der Waals surface area contributed by atoms with E-state index in [1.807, 2.05) is 30.5 Å². The van der Waals surface area contributed by atoms with Crippen molar-refractivity contribution in [3.05, 3.63) is 46.7 Å². The summed E-state index contributed by atoms with van der Waals surface area (Å²) in [4.78, 5) is 7.98. The zero-order chi connectivity index (χ0) is 12.8. The largest absolute Gasteiger partial charge is 0.366 e. The molecule has 90 valence electrons. The second-order valence-corrected chi connectivity index (χ2v) is 4.42. The van der Waals surface area contributed by atoms with Crippen LogP contribution in [0.25, 0.3) is 0 Å². The third-order valence-corrected chi connectivity index (χ3v) is 2.77. The van der Waals surface area contributed by atoms with Gasteiger partial charge in [0.05, 0.1) is 0 Å². The Morgan fingerprint density at radius 2 is 1.89 bits per heavy atom. The minimum atomic E-state index is 0.478. The van der Waals surface area contributed by atoms with E-state index in [1.54, 1.807) is 6.07 Å². The molecule has 0 aliphatic carbocycles. The third-order valence-electron chi connectivity index (χ3n) is 2.24. The van der Waals surface area contributed by atoms with Gasteiger partial charge in [-0.25, -0.2) is 9.97 Å². The summed E-state index contributed by atoms with van der Waals surface area (Å²) in [5.74, 6) is 1.15. The van der Waals surface area contributed by atoms with E-state index in [-0.39, 0.29) is 0 Å². The zero-order valence-corrected chi connectivity index (χ0v) is 11.0. The van der Waals surface area contributed by atoms with Crippen LogP contribution in [0.3, 0.4) is 0 Å². The Labute approximate surface area is 113 Å². The molecule has 1 aromatic carbocycles. The molecule has 1 heterocycles. The highest BCUT2D eigenvalue weighted by Crippen LogP contribution is 2.13. The summed E-state index contributed by atoms with van der Waals surface area (Å²) < 4.78 is 1.05. The Bertz CT molecular complexity index is 561. The molecule has 0 bridgehead atoms. The first kappa shape index (κ1) is 12.3. The highest BCUT2D eigenvalue weighted by atomic mass is 79.9. The number of nitrogens with one attached hydrogen (secondary N) is 2. The SMILES string of the molecule is N#CNc1cc(NCc2ccc(Br)cc2)ncn1. The monoisotopic (exact) mass is 303 g/mol. The first-order valence-corrected chi connectivity index (χ1v) is 6.03. The van der Waals surface area contributed by atoms with E-state index in [1.165, 1.54) is 6.33 Å². The van der Waals surface area contributed by atoms with Gasteiger partial charge in [-0.2, -0.15) is 5.26 Å². The molecule has 0 unspecified atom stereocenters. The first-order chi connectivity index (χ1) is 8.78. The average Bonchev–Trinajstić information content (AvgIpc) is 2.39. The molecule has 0 atom stereocenters. The Balaban J connectivity index is 1.99. The molecule has 0 fully saturated rings. The summed E-state index contributed by atoms with van der Waals surface area (Å²) in [6.45, 7) is 0.663. The predicted molar refractivity (Wildman–Crippen MR) is 72.7 cm³/mol. The highest BCUT2D eigenvalue weighted by Gasteiger charge is 1.98. The molecule has 0 saturated carbocycles. The number of rotatable bonds is 4. The van der Waals surface area contributed by atoms with Crippen LogP contribution in [0, 0.1) is 11.5 Å². The minimum absolute atomic E-state index is 0.478. The van der Waals surface area contributed by atoms with Crippen LogP contribution >= 0.6 is 15.9 Å². The van der Waals surface area contributed by atoms with Gasteiger partial charge in [-0.1, -0.05) is 28.1 Å². The standard InChI is InChI=1S/C12H10BrN5/c13-10-3-1-9(2-4-10)6-15-11-5-12(16-7-14)18-8-17-11/h1-5,8H,6H2,(H2,15,16,17,18). The van der Waals surface area contributed by atoms with Crippen LogP contribution in [0.15, 0.2) is 41.1 Å². The lowest BCUT2D eigenvalue weighted by Gasteiger charge is -2.06. The fourth-order valence-electron chi connectivity index (χ4n) is 1.37. The predicted octanol–water partition coefficient (Wildman–Crippen LogP) is 2.74. The lowest BCUT2D eigenvalue weighted by Crippen LogP contribution is -2.02. The zero-order valence-electron chi connectivity index (χ0n) is 9.39. The Kier molecular flexibility index (Phi) is 4.10. The number of nitrogens with zero attached hydrogens (tertiary/aromatic N) is 3. The molecule has 1 aromatic heterocycles. The van der Waals surface area contributed by atoms with E-state index < -0.39 is 0 Å². The van der Waals surface area contributed by atoms with Crippen molar-refractivity contribution in [3.63, 3.8) is 0 Å².